The molecule has 1 N–H and O–H groups in total. The second kappa shape index (κ2) is 9.71. The fraction of sp³-hybridized carbons (Fsp3) is 0.391. The molecule has 0 spiro atoms. The lowest BCUT2D eigenvalue weighted by atomic mass is 10.1. The van der Waals surface area contributed by atoms with Crippen LogP contribution in [0.1, 0.15) is 28.4 Å². The summed E-state index contributed by atoms with van der Waals surface area (Å²) in [6, 6.07) is 11.2. The number of hydrogen-bond donors (Lipinski definition) is 1. The zero-order valence-electron chi connectivity index (χ0n) is 17.7. The van der Waals surface area contributed by atoms with Crippen molar-refractivity contribution >= 4 is 11.8 Å². The fourth-order valence-corrected chi connectivity index (χ4v) is 3.64. The van der Waals surface area contributed by atoms with E-state index in [1.807, 2.05) is 19.1 Å². The van der Waals surface area contributed by atoms with Gasteiger partial charge in [0.1, 0.15) is 17.6 Å². The lowest BCUT2D eigenvalue weighted by Crippen LogP contribution is -2.53. The highest BCUT2D eigenvalue weighted by molar-refractivity contribution is 5.97. The van der Waals surface area contributed by atoms with Crippen LogP contribution < -0.4 is 10.1 Å². The highest BCUT2D eigenvalue weighted by Crippen LogP contribution is 2.21. The van der Waals surface area contributed by atoms with Crippen molar-refractivity contribution in [1.29, 1.82) is 0 Å². The summed E-state index contributed by atoms with van der Waals surface area (Å²) in [5.41, 5.74) is 2.33. The molecule has 30 heavy (non-hydrogen) atoms. The van der Waals surface area contributed by atoms with Gasteiger partial charge >= 0.3 is 0 Å². The van der Waals surface area contributed by atoms with Gasteiger partial charge in [-0.2, -0.15) is 0 Å². The van der Waals surface area contributed by atoms with Gasteiger partial charge in [0.2, 0.25) is 5.91 Å². The molecule has 0 aromatic heterocycles. The molecule has 0 aliphatic carbocycles. The molecule has 2 aromatic carbocycles. The van der Waals surface area contributed by atoms with E-state index in [4.69, 9.17) is 4.74 Å². The maximum absolute atomic E-state index is 13.6. The van der Waals surface area contributed by atoms with Crippen LogP contribution in [0.2, 0.25) is 0 Å². The van der Waals surface area contributed by atoms with Crippen molar-refractivity contribution < 1.29 is 18.7 Å². The van der Waals surface area contributed by atoms with Gasteiger partial charge in [0.25, 0.3) is 5.91 Å². The third kappa shape index (κ3) is 5.36. The minimum absolute atomic E-state index is 0.0982. The van der Waals surface area contributed by atoms with Crippen LogP contribution in [0.25, 0.3) is 0 Å². The van der Waals surface area contributed by atoms with Crippen LogP contribution in [0, 0.1) is 12.7 Å². The Balaban J connectivity index is 1.52. The van der Waals surface area contributed by atoms with E-state index in [-0.39, 0.29) is 17.6 Å². The zero-order chi connectivity index (χ0) is 21.7. The lowest BCUT2D eigenvalue weighted by molar-refractivity contribution is -0.134. The van der Waals surface area contributed by atoms with Gasteiger partial charge in [-0.25, -0.2) is 4.39 Å². The van der Waals surface area contributed by atoms with Crippen molar-refractivity contribution in [2.24, 2.45) is 0 Å². The van der Waals surface area contributed by atoms with Crippen molar-refractivity contribution in [2.45, 2.75) is 26.4 Å². The number of methoxy groups -OCH3 is 1. The number of amides is 2. The molecule has 1 aliphatic heterocycles. The van der Waals surface area contributed by atoms with Crippen molar-refractivity contribution in [3.63, 3.8) is 0 Å². The van der Waals surface area contributed by atoms with Crippen LogP contribution in [0.5, 0.6) is 5.75 Å². The SMILES string of the molecule is COc1ccc(F)cc1CN1CCN(C(=O)[C@H](C)NC(=O)c2cccc(C)c2)CC1. The highest BCUT2D eigenvalue weighted by Gasteiger charge is 2.26. The first-order valence-corrected chi connectivity index (χ1v) is 10.1. The van der Waals surface area contributed by atoms with Crippen molar-refractivity contribution in [1.82, 2.24) is 15.1 Å². The minimum Gasteiger partial charge on any atom is -0.496 e. The quantitative estimate of drug-likeness (QED) is 0.791. The molecule has 1 fully saturated rings. The Morgan fingerprint density at radius 1 is 1.13 bits per heavy atom. The summed E-state index contributed by atoms with van der Waals surface area (Å²) >= 11 is 0. The number of carbonyl (C=O) groups excluding carboxylic acids is 2. The Morgan fingerprint density at radius 2 is 1.87 bits per heavy atom. The van der Waals surface area contributed by atoms with E-state index in [2.05, 4.69) is 10.2 Å². The van der Waals surface area contributed by atoms with E-state index in [1.165, 1.54) is 12.1 Å². The van der Waals surface area contributed by atoms with E-state index in [9.17, 15) is 14.0 Å². The Labute approximate surface area is 176 Å². The summed E-state index contributed by atoms with van der Waals surface area (Å²) in [7, 11) is 1.57. The van der Waals surface area contributed by atoms with Gasteiger partial charge in [-0.1, -0.05) is 17.7 Å². The molecule has 0 saturated carbocycles. The van der Waals surface area contributed by atoms with Gasteiger partial charge in [-0.05, 0) is 44.2 Å². The summed E-state index contributed by atoms with van der Waals surface area (Å²) in [5, 5.41) is 2.79. The van der Waals surface area contributed by atoms with E-state index in [1.54, 1.807) is 37.1 Å². The monoisotopic (exact) mass is 413 g/mol. The average molecular weight is 413 g/mol. The van der Waals surface area contributed by atoms with Crippen molar-refractivity contribution in [3.8, 4) is 5.75 Å². The first kappa shape index (κ1) is 21.8. The molecule has 2 aromatic rings. The zero-order valence-corrected chi connectivity index (χ0v) is 17.7. The molecular weight excluding hydrogens is 385 g/mol. The van der Waals surface area contributed by atoms with Gasteiger partial charge in [0.15, 0.2) is 0 Å². The Hall–Kier alpha value is -2.93. The number of nitrogens with one attached hydrogen (secondary N) is 1. The lowest BCUT2D eigenvalue weighted by Gasteiger charge is -2.36. The molecule has 1 saturated heterocycles. The number of hydrogen-bond acceptors (Lipinski definition) is 4. The number of ether oxygens (including phenoxy) is 1. The number of rotatable bonds is 6. The normalized spacial score (nSPS) is 15.5. The third-order valence-electron chi connectivity index (χ3n) is 5.32. The van der Waals surface area contributed by atoms with Crippen molar-refractivity contribution in [2.75, 3.05) is 33.3 Å². The maximum Gasteiger partial charge on any atom is 0.251 e. The summed E-state index contributed by atoms with van der Waals surface area (Å²) in [4.78, 5) is 29.1. The fourth-order valence-electron chi connectivity index (χ4n) is 3.64. The molecule has 1 heterocycles. The number of carbonyl (C=O) groups is 2. The van der Waals surface area contributed by atoms with Crippen LogP contribution in [0.3, 0.4) is 0 Å². The summed E-state index contributed by atoms with van der Waals surface area (Å²) in [5.74, 6) is 0.00977. The van der Waals surface area contributed by atoms with Gasteiger partial charge in [-0.3, -0.25) is 14.5 Å². The van der Waals surface area contributed by atoms with E-state index < -0.39 is 6.04 Å². The molecule has 1 aliphatic rings. The average Bonchev–Trinajstić information content (AvgIpc) is 2.74. The summed E-state index contributed by atoms with van der Waals surface area (Å²) < 4.78 is 18.9. The third-order valence-corrected chi connectivity index (χ3v) is 5.32. The number of nitrogens with zero attached hydrogens (tertiary/aromatic N) is 2. The molecule has 0 radical (unpaired) electrons. The van der Waals surface area contributed by atoms with Crippen LogP contribution in [-0.2, 0) is 11.3 Å². The Morgan fingerprint density at radius 3 is 2.53 bits per heavy atom. The molecule has 0 bridgehead atoms. The standard InChI is InChI=1S/C23H28FN3O3/c1-16-5-4-6-18(13-16)22(28)25-17(2)23(29)27-11-9-26(10-12-27)15-19-14-20(24)7-8-21(19)30-3/h4-8,13-14,17H,9-12,15H2,1-3H3,(H,25,28)/t17-/m0/s1. The van der Waals surface area contributed by atoms with Crippen LogP contribution in [0.15, 0.2) is 42.5 Å². The predicted molar refractivity (Wildman–Crippen MR) is 113 cm³/mol. The largest absolute Gasteiger partial charge is 0.496 e. The molecule has 3 rings (SSSR count). The predicted octanol–water partition coefficient (Wildman–Crippen LogP) is 2.61. The molecule has 6 nitrogen and oxygen atoms in total. The maximum atomic E-state index is 13.6. The second-order valence-electron chi connectivity index (χ2n) is 7.62. The number of aryl methyl sites for hydroxylation is 1. The van der Waals surface area contributed by atoms with E-state index >= 15 is 0 Å². The first-order chi connectivity index (χ1) is 14.4. The number of halogens is 1. The van der Waals surface area contributed by atoms with Gasteiger partial charge in [0, 0.05) is 43.9 Å². The number of piperazine rings is 1. The smallest absolute Gasteiger partial charge is 0.251 e. The van der Waals surface area contributed by atoms with Crippen LogP contribution in [-0.4, -0.2) is 60.9 Å². The summed E-state index contributed by atoms with van der Waals surface area (Å²) in [6.45, 7) is 6.64. The van der Waals surface area contributed by atoms with Gasteiger partial charge in [0.05, 0.1) is 7.11 Å². The van der Waals surface area contributed by atoms with E-state index in [0.29, 0.717) is 44.0 Å². The Kier molecular flexibility index (Phi) is 7.05. The molecular formula is C23H28FN3O3. The Bertz CT molecular complexity index is 910. The number of benzene rings is 2. The molecule has 1 atom stereocenters. The summed E-state index contributed by atoms with van der Waals surface area (Å²) in [6.07, 6.45) is 0. The van der Waals surface area contributed by atoms with Gasteiger partial charge in [-0.15, -0.1) is 0 Å². The van der Waals surface area contributed by atoms with Gasteiger partial charge < -0.3 is 15.0 Å². The first-order valence-electron chi connectivity index (χ1n) is 10.1. The highest BCUT2D eigenvalue weighted by atomic mass is 19.1. The minimum atomic E-state index is -0.604. The van der Waals surface area contributed by atoms with Crippen molar-refractivity contribution in [3.05, 3.63) is 65.0 Å². The van der Waals surface area contributed by atoms with Crippen LogP contribution in [0.4, 0.5) is 4.39 Å². The molecule has 7 heteroatoms. The van der Waals surface area contributed by atoms with Crippen LogP contribution >= 0.6 is 0 Å². The van der Waals surface area contributed by atoms with E-state index in [0.717, 1.165) is 11.1 Å². The molecule has 160 valence electrons. The second-order valence-corrected chi connectivity index (χ2v) is 7.62. The topological polar surface area (TPSA) is 61.9 Å². The molecule has 0 unspecified atom stereocenters. The molecule has 2 amide bonds.